The number of aromatic nitrogens is 2. The van der Waals surface area contributed by atoms with E-state index in [0.717, 1.165) is 25.2 Å². The first-order chi connectivity index (χ1) is 10.0. The first-order valence-corrected chi connectivity index (χ1v) is 7.19. The van der Waals surface area contributed by atoms with Gasteiger partial charge in [-0.05, 0) is 32.3 Å². The monoisotopic (exact) mass is 307 g/mol. The number of nitrogens with two attached hydrogens (primary N) is 1. The Morgan fingerprint density at radius 2 is 2.10 bits per heavy atom. The largest absolute Gasteiger partial charge is 0.399 e. The van der Waals surface area contributed by atoms with Crippen LogP contribution in [0.25, 0.3) is 11.5 Å². The van der Waals surface area contributed by atoms with E-state index in [0.29, 0.717) is 22.4 Å². The van der Waals surface area contributed by atoms with E-state index >= 15 is 0 Å². The number of piperazine rings is 1. The first-order valence-electron chi connectivity index (χ1n) is 6.82. The van der Waals surface area contributed by atoms with Gasteiger partial charge in [-0.1, -0.05) is 16.8 Å². The number of anilines is 1. The third-order valence-electron chi connectivity index (χ3n) is 3.76. The van der Waals surface area contributed by atoms with Crippen LogP contribution < -0.4 is 5.73 Å². The lowest BCUT2D eigenvalue weighted by atomic mass is 10.1. The Morgan fingerprint density at radius 3 is 2.86 bits per heavy atom. The van der Waals surface area contributed by atoms with Crippen LogP contribution >= 0.6 is 11.6 Å². The molecule has 6 nitrogen and oxygen atoms in total. The lowest BCUT2D eigenvalue weighted by molar-refractivity contribution is 0.108. The Kier molecular flexibility index (Phi) is 3.84. The number of hydrogen-bond donors (Lipinski definition) is 1. The minimum atomic E-state index is 0.137. The smallest absolute Gasteiger partial charge is 0.258 e. The lowest BCUT2D eigenvalue weighted by Crippen LogP contribution is -2.45. The molecule has 2 heterocycles. The molecule has 2 N–H and O–H groups in total. The Bertz CT molecular complexity index is 624. The second kappa shape index (κ2) is 5.63. The number of benzene rings is 1. The number of likely N-dealkylation sites (N-methyl/N-ethyl adjacent to an activating group) is 2. The summed E-state index contributed by atoms with van der Waals surface area (Å²) in [6, 6.07) is 5.37. The van der Waals surface area contributed by atoms with Gasteiger partial charge >= 0.3 is 0 Å². The molecule has 1 unspecified atom stereocenters. The average Bonchev–Trinajstić information content (AvgIpc) is 2.90. The van der Waals surface area contributed by atoms with Gasteiger partial charge in [0.1, 0.15) is 0 Å². The normalized spacial score (nSPS) is 20.8. The van der Waals surface area contributed by atoms with E-state index in [2.05, 4.69) is 34.0 Å². The summed E-state index contributed by atoms with van der Waals surface area (Å²) in [5, 5.41) is 4.68. The molecule has 112 valence electrons. The standard InChI is InChI=1S/C14H18ClN5O/c1-19-3-4-20(2)12(8-19)13-17-14(21-18-13)9-5-10(15)7-11(16)6-9/h5-7,12H,3-4,8,16H2,1-2H3. The predicted molar refractivity (Wildman–Crippen MR) is 82.0 cm³/mol. The van der Waals surface area contributed by atoms with Crippen LogP contribution in [0, 0.1) is 0 Å². The molecule has 1 aromatic heterocycles. The predicted octanol–water partition coefficient (Wildman–Crippen LogP) is 1.89. The van der Waals surface area contributed by atoms with Gasteiger partial charge in [0, 0.05) is 35.9 Å². The fourth-order valence-corrected chi connectivity index (χ4v) is 2.76. The van der Waals surface area contributed by atoms with E-state index in [1.807, 2.05) is 0 Å². The Balaban J connectivity index is 1.89. The number of hydrogen-bond acceptors (Lipinski definition) is 6. The summed E-state index contributed by atoms with van der Waals surface area (Å²) in [4.78, 5) is 9.01. The van der Waals surface area contributed by atoms with Crippen molar-refractivity contribution in [1.82, 2.24) is 19.9 Å². The quantitative estimate of drug-likeness (QED) is 0.854. The van der Waals surface area contributed by atoms with Gasteiger partial charge in [0.05, 0.1) is 6.04 Å². The molecule has 1 fully saturated rings. The van der Waals surface area contributed by atoms with E-state index in [1.165, 1.54) is 0 Å². The zero-order valence-corrected chi connectivity index (χ0v) is 12.8. The number of halogens is 1. The first kappa shape index (κ1) is 14.3. The van der Waals surface area contributed by atoms with Crippen molar-refractivity contribution >= 4 is 17.3 Å². The number of rotatable bonds is 2. The SMILES string of the molecule is CN1CCN(C)C(c2noc(-c3cc(N)cc(Cl)c3)n2)C1. The average molecular weight is 308 g/mol. The molecule has 1 saturated heterocycles. The third kappa shape index (κ3) is 3.02. The van der Waals surface area contributed by atoms with Gasteiger partial charge in [-0.25, -0.2) is 0 Å². The summed E-state index contributed by atoms with van der Waals surface area (Å²) in [6.07, 6.45) is 0. The van der Waals surface area contributed by atoms with Gasteiger partial charge in [0.25, 0.3) is 5.89 Å². The summed E-state index contributed by atoms with van der Waals surface area (Å²) >= 11 is 6.01. The summed E-state index contributed by atoms with van der Waals surface area (Å²) < 4.78 is 5.38. The van der Waals surface area contributed by atoms with Crippen LogP contribution in [-0.2, 0) is 0 Å². The molecule has 21 heavy (non-hydrogen) atoms. The number of nitrogens with zero attached hydrogens (tertiary/aromatic N) is 4. The molecule has 0 radical (unpaired) electrons. The highest BCUT2D eigenvalue weighted by atomic mass is 35.5. The molecular formula is C14H18ClN5O. The van der Waals surface area contributed by atoms with Crippen molar-refractivity contribution in [2.75, 3.05) is 39.5 Å². The third-order valence-corrected chi connectivity index (χ3v) is 3.98. The van der Waals surface area contributed by atoms with Crippen LogP contribution in [0.3, 0.4) is 0 Å². The van der Waals surface area contributed by atoms with Crippen LogP contribution in [0.5, 0.6) is 0 Å². The van der Waals surface area contributed by atoms with Gasteiger partial charge in [0.15, 0.2) is 5.82 Å². The Labute approximate surface area is 128 Å². The Hall–Kier alpha value is -1.63. The van der Waals surface area contributed by atoms with Crippen LogP contribution in [0.15, 0.2) is 22.7 Å². The van der Waals surface area contributed by atoms with Crippen molar-refractivity contribution in [1.29, 1.82) is 0 Å². The van der Waals surface area contributed by atoms with Crippen molar-refractivity contribution in [3.63, 3.8) is 0 Å². The van der Waals surface area contributed by atoms with E-state index < -0.39 is 0 Å². The molecule has 3 rings (SSSR count). The molecule has 1 aliphatic heterocycles. The van der Waals surface area contributed by atoms with Crippen molar-refractivity contribution in [2.45, 2.75) is 6.04 Å². The highest BCUT2D eigenvalue weighted by molar-refractivity contribution is 6.31. The molecule has 0 saturated carbocycles. The van der Waals surface area contributed by atoms with E-state index in [4.69, 9.17) is 21.9 Å². The van der Waals surface area contributed by atoms with E-state index in [9.17, 15) is 0 Å². The molecule has 0 amide bonds. The Morgan fingerprint density at radius 1 is 1.29 bits per heavy atom. The molecule has 2 aromatic rings. The van der Waals surface area contributed by atoms with E-state index in [1.54, 1.807) is 18.2 Å². The maximum atomic E-state index is 6.01. The van der Waals surface area contributed by atoms with Gasteiger partial charge in [0.2, 0.25) is 0 Å². The minimum Gasteiger partial charge on any atom is -0.399 e. The molecule has 1 aromatic carbocycles. The van der Waals surface area contributed by atoms with Crippen LogP contribution in [0.1, 0.15) is 11.9 Å². The van der Waals surface area contributed by atoms with Crippen molar-refractivity contribution < 1.29 is 4.52 Å². The zero-order chi connectivity index (χ0) is 15.0. The number of nitrogen functional groups attached to an aromatic ring is 1. The van der Waals surface area contributed by atoms with Gasteiger partial charge in [-0.2, -0.15) is 4.98 Å². The molecule has 1 atom stereocenters. The fourth-order valence-electron chi connectivity index (χ4n) is 2.51. The maximum absolute atomic E-state index is 6.01. The molecule has 1 aliphatic rings. The fraction of sp³-hybridized carbons (Fsp3) is 0.429. The van der Waals surface area contributed by atoms with Crippen molar-refractivity contribution in [2.24, 2.45) is 0 Å². The molecule has 0 spiro atoms. The van der Waals surface area contributed by atoms with Crippen molar-refractivity contribution in [3.8, 4) is 11.5 Å². The zero-order valence-electron chi connectivity index (χ0n) is 12.1. The molecule has 7 heteroatoms. The summed E-state index contributed by atoms with van der Waals surface area (Å²) in [7, 11) is 4.17. The van der Waals surface area contributed by atoms with Gasteiger partial charge in [-0.3, -0.25) is 4.90 Å². The topological polar surface area (TPSA) is 71.4 Å². The second-order valence-electron chi connectivity index (χ2n) is 5.49. The van der Waals surface area contributed by atoms with Crippen LogP contribution in [-0.4, -0.2) is 53.7 Å². The highest BCUT2D eigenvalue weighted by Gasteiger charge is 2.28. The summed E-state index contributed by atoms with van der Waals surface area (Å²) in [5.41, 5.74) is 7.11. The lowest BCUT2D eigenvalue weighted by Gasteiger charge is -2.35. The minimum absolute atomic E-state index is 0.137. The van der Waals surface area contributed by atoms with E-state index in [-0.39, 0.29) is 6.04 Å². The second-order valence-corrected chi connectivity index (χ2v) is 5.93. The highest BCUT2D eigenvalue weighted by Crippen LogP contribution is 2.27. The molecule has 0 bridgehead atoms. The van der Waals surface area contributed by atoms with Crippen LogP contribution in [0.4, 0.5) is 5.69 Å². The van der Waals surface area contributed by atoms with Gasteiger partial charge < -0.3 is 15.2 Å². The summed E-state index contributed by atoms with van der Waals surface area (Å²) in [5.74, 6) is 1.14. The summed E-state index contributed by atoms with van der Waals surface area (Å²) in [6.45, 7) is 2.91. The maximum Gasteiger partial charge on any atom is 0.258 e. The molecule has 0 aliphatic carbocycles. The van der Waals surface area contributed by atoms with Crippen molar-refractivity contribution in [3.05, 3.63) is 29.0 Å². The van der Waals surface area contributed by atoms with Gasteiger partial charge in [-0.15, -0.1) is 0 Å². The molecular weight excluding hydrogens is 290 g/mol. The van der Waals surface area contributed by atoms with Crippen LogP contribution in [0.2, 0.25) is 5.02 Å².